The zero-order valence-electron chi connectivity index (χ0n) is 25.0. The fourth-order valence-corrected chi connectivity index (χ4v) is 6.38. The highest BCUT2D eigenvalue weighted by Gasteiger charge is 2.40. The second-order valence-electron chi connectivity index (χ2n) is 11.6. The summed E-state index contributed by atoms with van der Waals surface area (Å²) in [6.45, 7) is 5.85. The number of piperidine rings is 1. The number of aryl methyl sites for hydroxylation is 1. The number of carbonyl (C=O) groups is 1. The second-order valence-corrected chi connectivity index (χ2v) is 11.6. The van der Waals surface area contributed by atoms with Crippen LogP contribution in [0.25, 0.3) is 10.9 Å². The molecule has 12 heteroatoms. The lowest BCUT2D eigenvalue weighted by Gasteiger charge is -2.40. The summed E-state index contributed by atoms with van der Waals surface area (Å²) in [5, 5.41) is 13.4. The molecule has 1 aromatic heterocycles. The number of halogens is 3. The van der Waals surface area contributed by atoms with E-state index in [1.54, 1.807) is 7.11 Å². The summed E-state index contributed by atoms with van der Waals surface area (Å²) in [6.07, 6.45) is 5.07. The van der Waals surface area contributed by atoms with Gasteiger partial charge in [0.15, 0.2) is 11.6 Å². The number of aromatic nitrogens is 1. The largest absolute Gasteiger partial charge is 0.497 e. The minimum atomic E-state index is -1.24. The summed E-state index contributed by atoms with van der Waals surface area (Å²) in [6, 6.07) is 7.32. The Balaban J connectivity index is 1.24. The van der Waals surface area contributed by atoms with E-state index in [0.29, 0.717) is 58.2 Å². The van der Waals surface area contributed by atoms with Crippen LogP contribution < -0.4 is 15.5 Å². The highest BCUT2D eigenvalue weighted by molar-refractivity contribution is 5.85. The first-order valence-corrected chi connectivity index (χ1v) is 15.1. The van der Waals surface area contributed by atoms with E-state index in [0.717, 1.165) is 60.8 Å². The van der Waals surface area contributed by atoms with Crippen LogP contribution in [0.15, 0.2) is 36.5 Å². The summed E-state index contributed by atoms with van der Waals surface area (Å²) >= 11 is 0. The van der Waals surface area contributed by atoms with E-state index in [-0.39, 0.29) is 18.1 Å². The number of methoxy groups -OCH3 is 1. The van der Waals surface area contributed by atoms with Gasteiger partial charge < -0.3 is 19.7 Å². The van der Waals surface area contributed by atoms with Crippen molar-refractivity contribution in [2.45, 2.75) is 38.6 Å². The summed E-state index contributed by atoms with van der Waals surface area (Å²) in [7, 11) is 1.64. The number of hydroxylamine groups is 1. The van der Waals surface area contributed by atoms with Crippen LogP contribution in [0.3, 0.4) is 0 Å². The van der Waals surface area contributed by atoms with E-state index in [9.17, 15) is 23.2 Å². The average Bonchev–Trinajstić information content (AvgIpc) is 3.04. The Bertz CT molecular complexity index is 1450. The molecule has 238 valence electrons. The molecule has 2 saturated heterocycles. The fraction of sp³-hybridized carbons (Fsp3) is 0.500. The normalized spacial score (nSPS) is 17.5. The van der Waals surface area contributed by atoms with Gasteiger partial charge in [-0.15, -0.1) is 0 Å². The molecular weight excluding hydrogens is 575 g/mol. The van der Waals surface area contributed by atoms with Crippen LogP contribution in [0, 0.1) is 22.9 Å². The summed E-state index contributed by atoms with van der Waals surface area (Å²) < 4.78 is 52.0. The number of nitrogens with zero attached hydrogens (tertiary/aromatic N) is 3. The van der Waals surface area contributed by atoms with Gasteiger partial charge in [-0.1, -0.05) is 0 Å². The molecule has 9 nitrogen and oxygen atoms in total. The third kappa shape index (κ3) is 7.43. The van der Waals surface area contributed by atoms with Crippen molar-refractivity contribution in [3.8, 4) is 5.75 Å². The molecule has 3 aromatic rings. The zero-order chi connectivity index (χ0) is 31.1. The predicted octanol–water partition coefficient (Wildman–Crippen LogP) is 4.52. The van der Waals surface area contributed by atoms with Gasteiger partial charge in [0.25, 0.3) is 0 Å². The van der Waals surface area contributed by atoms with Gasteiger partial charge in [0, 0.05) is 56.4 Å². The molecular formula is C32H40F3N5O4. The lowest BCUT2D eigenvalue weighted by Crippen LogP contribution is -2.49. The van der Waals surface area contributed by atoms with Crippen LogP contribution in [-0.2, 0) is 22.5 Å². The number of anilines is 1. The quantitative estimate of drug-likeness (QED) is 0.156. The Morgan fingerprint density at radius 2 is 1.86 bits per heavy atom. The van der Waals surface area contributed by atoms with Crippen molar-refractivity contribution < 1.29 is 32.6 Å². The number of rotatable bonds is 12. The Kier molecular flexibility index (Phi) is 10.6. The number of nitrogens with one attached hydrogen (secondary N) is 2. The van der Waals surface area contributed by atoms with E-state index in [1.165, 1.54) is 5.56 Å². The molecule has 0 spiro atoms. The fourth-order valence-electron chi connectivity index (χ4n) is 6.38. The molecule has 3 heterocycles. The number of likely N-dealkylation sites (tertiary alicyclic amines) is 1. The number of fused-ring (bicyclic) bond motifs is 1. The van der Waals surface area contributed by atoms with Gasteiger partial charge >= 0.3 is 0 Å². The molecule has 5 rings (SSSR count). The number of pyridine rings is 1. The van der Waals surface area contributed by atoms with Crippen LogP contribution in [0.5, 0.6) is 5.75 Å². The lowest BCUT2D eigenvalue weighted by atomic mass is 9.73. The van der Waals surface area contributed by atoms with Gasteiger partial charge in [-0.2, -0.15) is 0 Å². The van der Waals surface area contributed by atoms with Gasteiger partial charge in [-0.05, 0) is 74.5 Å². The minimum absolute atomic E-state index is 0.220. The number of morpholine rings is 1. The molecule has 2 fully saturated rings. The van der Waals surface area contributed by atoms with Crippen molar-refractivity contribution in [1.82, 2.24) is 20.3 Å². The highest BCUT2D eigenvalue weighted by Crippen LogP contribution is 2.38. The number of hydrogen-bond donors (Lipinski definition) is 3. The topological polar surface area (TPSA) is 99.2 Å². The predicted molar refractivity (Wildman–Crippen MR) is 160 cm³/mol. The Morgan fingerprint density at radius 1 is 1.09 bits per heavy atom. The first kappa shape index (κ1) is 32.0. The Morgan fingerprint density at radius 3 is 2.59 bits per heavy atom. The van der Waals surface area contributed by atoms with Crippen LogP contribution >= 0.6 is 0 Å². The van der Waals surface area contributed by atoms with E-state index >= 15 is 0 Å². The van der Waals surface area contributed by atoms with Gasteiger partial charge in [-0.3, -0.25) is 19.9 Å². The van der Waals surface area contributed by atoms with Crippen molar-refractivity contribution in [2.75, 3.05) is 64.9 Å². The molecule has 2 aliphatic heterocycles. The third-order valence-electron chi connectivity index (χ3n) is 8.99. The van der Waals surface area contributed by atoms with Crippen molar-refractivity contribution >= 4 is 22.5 Å². The molecule has 0 bridgehead atoms. The minimum Gasteiger partial charge on any atom is -0.497 e. The molecule has 0 radical (unpaired) electrons. The molecule has 2 aromatic carbocycles. The van der Waals surface area contributed by atoms with E-state index < -0.39 is 22.9 Å². The number of benzene rings is 2. The van der Waals surface area contributed by atoms with Gasteiger partial charge in [0.1, 0.15) is 11.6 Å². The molecule has 0 aliphatic carbocycles. The highest BCUT2D eigenvalue weighted by atomic mass is 19.2. The number of ether oxygens (including phenoxy) is 2. The standard InChI is InChI=1S/C32H40F3N5O4/c1-43-24-4-5-28-26(19-24)25(22(20-37-28)21-40-13-15-44-16-14-40)3-2-6-32(31(41)38-42)7-10-39(11-8-32)12-9-36-29-18-23(33)17-27(34)30(29)35/h4-5,17-20,36,42H,2-3,6-16,21H2,1H3,(H,38,41). The van der Waals surface area contributed by atoms with Crippen LogP contribution in [-0.4, -0.2) is 85.5 Å². The first-order valence-electron chi connectivity index (χ1n) is 15.1. The van der Waals surface area contributed by atoms with Crippen molar-refractivity contribution in [3.63, 3.8) is 0 Å². The van der Waals surface area contributed by atoms with E-state index in [4.69, 9.17) is 14.5 Å². The van der Waals surface area contributed by atoms with Crippen molar-refractivity contribution in [1.29, 1.82) is 0 Å². The molecule has 0 atom stereocenters. The SMILES string of the molecule is COc1ccc2ncc(CN3CCOCC3)c(CCCC3(C(=O)NO)CCN(CCNc4cc(F)cc(F)c4F)CC3)c2c1. The van der Waals surface area contributed by atoms with Crippen LogP contribution in [0.2, 0.25) is 0 Å². The Hall–Kier alpha value is -3.45. The maximum Gasteiger partial charge on any atom is 0.249 e. The smallest absolute Gasteiger partial charge is 0.249 e. The first-order chi connectivity index (χ1) is 21.3. The lowest BCUT2D eigenvalue weighted by molar-refractivity contribution is -0.143. The number of hydrogen-bond acceptors (Lipinski definition) is 8. The molecule has 1 amide bonds. The summed E-state index contributed by atoms with van der Waals surface area (Å²) in [5.41, 5.74) is 4.16. The van der Waals surface area contributed by atoms with E-state index in [1.807, 2.05) is 29.9 Å². The van der Waals surface area contributed by atoms with E-state index in [2.05, 4.69) is 15.1 Å². The average molecular weight is 616 g/mol. The van der Waals surface area contributed by atoms with Crippen molar-refractivity contribution in [3.05, 3.63) is 65.1 Å². The van der Waals surface area contributed by atoms with Gasteiger partial charge in [-0.25, -0.2) is 18.7 Å². The molecule has 0 unspecified atom stereocenters. The maximum absolute atomic E-state index is 14.0. The Labute approximate surface area is 255 Å². The van der Waals surface area contributed by atoms with Crippen LogP contribution in [0.4, 0.5) is 18.9 Å². The zero-order valence-corrected chi connectivity index (χ0v) is 25.0. The van der Waals surface area contributed by atoms with Gasteiger partial charge in [0.05, 0.1) is 36.9 Å². The molecule has 2 aliphatic rings. The monoisotopic (exact) mass is 615 g/mol. The molecule has 0 saturated carbocycles. The summed E-state index contributed by atoms with van der Waals surface area (Å²) in [4.78, 5) is 22.2. The second kappa shape index (κ2) is 14.6. The van der Waals surface area contributed by atoms with Gasteiger partial charge in [0.2, 0.25) is 5.91 Å². The third-order valence-corrected chi connectivity index (χ3v) is 8.99. The van der Waals surface area contributed by atoms with Crippen LogP contribution in [0.1, 0.15) is 36.8 Å². The van der Waals surface area contributed by atoms with Crippen molar-refractivity contribution in [2.24, 2.45) is 5.41 Å². The maximum atomic E-state index is 14.0. The molecule has 3 N–H and O–H groups in total. The number of carbonyl (C=O) groups excluding carboxylic acids is 1. The number of amides is 1. The molecule has 44 heavy (non-hydrogen) atoms. The summed E-state index contributed by atoms with van der Waals surface area (Å²) in [5.74, 6) is -2.83.